The van der Waals surface area contributed by atoms with Gasteiger partial charge in [-0.1, -0.05) is 0 Å². The lowest BCUT2D eigenvalue weighted by Crippen LogP contribution is -2.32. The molecule has 2 unspecified atom stereocenters. The minimum atomic E-state index is -0.487. The summed E-state index contributed by atoms with van der Waals surface area (Å²) in [6.07, 6.45) is 2.42. The minimum Gasteiger partial charge on any atom is -0.465 e. The highest BCUT2D eigenvalue weighted by atomic mass is 16.5. The summed E-state index contributed by atoms with van der Waals surface area (Å²) in [7, 11) is 0. The quantitative estimate of drug-likeness (QED) is 0.591. The molecule has 0 radical (unpaired) electrons. The van der Waals surface area contributed by atoms with Crippen molar-refractivity contribution in [2.45, 2.75) is 45.2 Å². The van der Waals surface area contributed by atoms with Crippen LogP contribution in [0.2, 0.25) is 0 Å². The van der Waals surface area contributed by atoms with Gasteiger partial charge in [-0.2, -0.15) is 0 Å². The van der Waals surface area contributed by atoms with Gasteiger partial charge < -0.3 is 16.2 Å². The van der Waals surface area contributed by atoms with Crippen molar-refractivity contribution in [3.63, 3.8) is 0 Å². The van der Waals surface area contributed by atoms with Crippen LogP contribution in [0.5, 0.6) is 0 Å². The van der Waals surface area contributed by atoms with Crippen molar-refractivity contribution >= 4 is 5.97 Å². The molecule has 0 heterocycles. The van der Waals surface area contributed by atoms with E-state index in [1.54, 1.807) is 6.92 Å². The maximum absolute atomic E-state index is 11.0. The molecule has 13 heavy (non-hydrogen) atoms. The summed E-state index contributed by atoms with van der Waals surface area (Å²) in [6, 6.07) is -0.312. The average Bonchev–Trinajstić information content (AvgIpc) is 2.04. The molecule has 0 amide bonds. The first-order valence-electron chi connectivity index (χ1n) is 4.75. The molecule has 0 aliphatic rings. The molecule has 78 valence electrons. The lowest BCUT2D eigenvalue weighted by atomic mass is 10.1. The molecule has 0 aromatic heterocycles. The summed E-state index contributed by atoms with van der Waals surface area (Å²) in [5.74, 6) is -0.313. The van der Waals surface area contributed by atoms with Crippen LogP contribution in [0.25, 0.3) is 0 Å². The van der Waals surface area contributed by atoms with E-state index >= 15 is 0 Å². The van der Waals surface area contributed by atoms with Crippen molar-refractivity contribution in [3.8, 4) is 0 Å². The van der Waals surface area contributed by atoms with Crippen molar-refractivity contribution in [1.29, 1.82) is 0 Å². The van der Waals surface area contributed by atoms with E-state index in [1.165, 1.54) is 0 Å². The van der Waals surface area contributed by atoms with Gasteiger partial charge in [0.25, 0.3) is 0 Å². The zero-order valence-corrected chi connectivity index (χ0v) is 8.45. The van der Waals surface area contributed by atoms with Crippen LogP contribution in [0.15, 0.2) is 0 Å². The molecule has 4 heteroatoms. The summed E-state index contributed by atoms with van der Waals surface area (Å²) in [5.41, 5.74) is 11.1. The summed E-state index contributed by atoms with van der Waals surface area (Å²) in [6.45, 7) is 4.10. The zero-order chi connectivity index (χ0) is 10.3. The number of esters is 1. The van der Waals surface area contributed by atoms with Gasteiger partial charge in [0.2, 0.25) is 0 Å². The fraction of sp³-hybridized carbons (Fsp3) is 0.889. The molecule has 0 fully saturated rings. The van der Waals surface area contributed by atoms with Gasteiger partial charge >= 0.3 is 5.97 Å². The molecule has 0 rings (SSSR count). The molecule has 0 aromatic rings. The highest BCUT2D eigenvalue weighted by Crippen LogP contribution is 2.02. The van der Waals surface area contributed by atoms with E-state index in [-0.39, 0.29) is 12.0 Å². The second-order valence-corrected chi connectivity index (χ2v) is 3.27. The Morgan fingerprint density at radius 2 is 2.00 bits per heavy atom. The van der Waals surface area contributed by atoms with Gasteiger partial charge in [-0.15, -0.1) is 0 Å². The number of carbonyl (C=O) groups excluding carboxylic acids is 1. The van der Waals surface area contributed by atoms with Crippen molar-refractivity contribution in [1.82, 2.24) is 0 Å². The molecule has 4 nitrogen and oxygen atoms in total. The summed E-state index contributed by atoms with van der Waals surface area (Å²) >= 11 is 0. The molecule has 0 saturated heterocycles. The number of hydrogen-bond donors (Lipinski definition) is 2. The highest BCUT2D eigenvalue weighted by molar-refractivity contribution is 5.75. The van der Waals surface area contributed by atoms with Crippen LogP contribution in [0.4, 0.5) is 0 Å². The SMILES string of the molecule is CCOC(=O)C(N)CCCC(C)N. The Hall–Kier alpha value is -0.610. The molecule has 0 bridgehead atoms. The molecule has 0 aliphatic carbocycles. The normalized spacial score (nSPS) is 15.1. The average molecular weight is 188 g/mol. The number of nitrogens with two attached hydrogens (primary N) is 2. The van der Waals surface area contributed by atoms with Gasteiger partial charge in [-0.3, -0.25) is 4.79 Å². The second-order valence-electron chi connectivity index (χ2n) is 3.27. The Bertz CT molecular complexity index is 149. The molecule has 2 atom stereocenters. The first-order chi connectivity index (χ1) is 6.07. The van der Waals surface area contributed by atoms with Gasteiger partial charge in [0.15, 0.2) is 0 Å². The van der Waals surface area contributed by atoms with E-state index in [4.69, 9.17) is 16.2 Å². The van der Waals surface area contributed by atoms with E-state index in [9.17, 15) is 4.79 Å². The Morgan fingerprint density at radius 1 is 1.38 bits per heavy atom. The zero-order valence-electron chi connectivity index (χ0n) is 8.45. The van der Waals surface area contributed by atoms with Gasteiger partial charge in [-0.05, 0) is 33.1 Å². The molecule has 0 spiro atoms. The van der Waals surface area contributed by atoms with Crippen LogP contribution >= 0.6 is 0 Å². The predicted molar refractivity (Wildman–Crippen MR) is 52.1 cm³/mol. The smallest absolute Gasteiger partial charge is 0.322 e. The lowest BCUT2D eigenvalue weighted by Gasteiger charge is -2.10. The monoisotopic (exact) mass is 188 g/mol. The first kappa shape index (κ1) is 12.4. The third kappa shape index (κ3) is 6.54. The minimum absolute atomic E-state index is 0.175. The maximum Gasteiger partial charge on any atom is 0.322 e. The largest absolute Gasteiger partial charge is 0.465 e. The molecule has 0 aromatic carbocycles. The van der Waals surface area contributed by atoms with Crippen LogP contribution < -0.4 is 11.5 Å². The summed E-state index contributed by atoms with van der Waals surface area (Å²) in [4.78, 5) is 11.0. The van der Waals surface area contributed by atoms with E-state index in [0.717, 1.165) is 12.8 Å². The van der Waals surface area contributed by atoms with Crippen molar-refractivity contribution < 1.29 is 9.53 Å². The summed E-state index contributed by atoms with van der Waals surface area (Å²) in [5, 5.41) is 0. The van der Waals surface area contributed by atoms with Crippen LogP contribution in [0.1, 0.15) is 33.1 Å². The van der Waals surface area contributed by atoms with Gasteiger partial charge in [0, 0.05) is 6.04 Å². The Labute approximate surface area is 79.6 Å². The van der Waals surface area contributed by atoms with E-state index in [1.807, 2.05) is 6.92 Å². The Morgan fingerprint density at radius 3 is 2.46 bits per heavy atom. The molecular formula is C9H20N2O2. The second kappa shape index (κ2) is 6.86. The Balaban J connectivity index is 3.49. The van der Waals surface area contributed by atoms with E-state index in [2.05, 4.69) is 0 Å². The number of rotatable bonds is 6. The Kier molecular flexibility index (Phi) is 6.54. The molecule has 0 aliphatic heterocycles. The van der Waals surface area contributed by atoms with Crippen LogP contribution in [-0.2, 0) is 9.53 Å². The highest BCUT2D eigenvalue weighted by Gasteiger charge is 2.13. The number of hydrogen-bond acceptors (Lipinski definition) is 4. The van der Waals surface area contributed by atoms with Crippen LogP contribution in [0, 0.1) is 0 Å². The predicted octanol–water partition coefficient (Wildman–Crippen LogP) is 0.394. The third-order valence-electron chi connectivity index (χ3n) is 1.76. The van der Waals surface area contributed by atoms with Crippen LogP contribution in [0.3, 0.4) is 0 Å². The topological polar surface area (TPSA) is 78.3 Å². The van der Waals surface area contributed by atoms with Crippen molar-refractivity contribution in [3.05, 3.63) is 0 Å². The van der Waals surface area contributed by atoms with Crippen molar-refractivity contribution in [2.75, 3.05) is 6.61 Å². The fourth-order valence-electron chi connectivity index (χ4n) is 1.03. The lowest BCUT2D eigenvalue weighted by molar-refractivity contribution is -0.144. The maximum atomic E-state index is 11.0. The van der Waals surface area contributed by atoms with Gasteiger partial charge in [-0.25, -0.2) is 0 Å². The van der Waals surface area contributed by atoms with Crippen LogP contribution in [-0.4, -0.2) is 24.7 Å². The third-order valence-corrected chi connectivity index (χ3v) is 1.76. The summed E-state index contributed by atoms with van der Waals surface area (Å²) < 4.78 is 4.77. The van der Waals surface area contributed by atoms with E-state index in [0.29, 0.717) is 13.0 Å². The number of carbonyl (C=O) groups is 1. The molecule has 4 N–H and O–H groups in total. The van der Waals surface area contributed by atoms with Crippen molar-refractivity contribution in [2.24, 2.45) is 11.5 Å². The van der Waals surface area contributed by atoms with Gasteiger partial charge in [0.05, 0.1) is 6.61 Å². The molecular weight excluding hydrogens is 168 g/mol. The van der Waals surface area contributed by atoms with E-state index < -0.39 is 6.04 Å². The molecule has 0 saturated carbocycles. The number of ether oxygens (including phenoxy) is 1. The standard InChI is InChI=1S/C9H20N2O2/c1-3-13-9(12)8(11)6-4-5-7(2)10/h7-8H,3-6,10-11H2,1-2H3. The first-order valence-corrected chi connectivity index (χ1v) is 4.75. The fourth-order valence-corrected chi connectivity index (χ4v) is 1.03. The van der Waals surface area contributed by atoms with Gasteiger partial charge in [0.1, 0.15) is 6.04 Å².